The maximum Gasteiger partial charge on any atom is 0.246 e. The van der Waals surface area contributed by atoms with E-state index in [1.165, 1.54) is 4.31 Å². The Balaban J connectivity index is 1.61. The lowest BCUT2D eigenvalue weighted by molar-refractivity contribution is -0.127. The molecule has 0 N–H and O–H groups in total. The molecule has 3 rings (SSSR count). The quantitative estimate of drug-likeness (QED) is 0.771. The van der Waals surface area contributed by atoms with Gasteiger partial charge in [-0.15, -0.1) is 11.3 Å². The highest BCUT2D eigenvalue weighted by molar-refractivity contribution is 7.89. The first-order valence-electron chi connectivity index (χ1n) is 8.04. The van der Waals surface area contributed by atoms with Crippen molar-refractivity contribution in [3.05, 3.63) is 58.3 Å². The van der Waals surface area contributed by atoms with Crippen LogP contribution in [0.15, 0.2) is 52.7 Å². The molecule has 1 saturated heterocycles. The molecule has 0 radical (unpaired) electrons. The summed E-state index contributed by atoms with van der Waals surface area (Å²) in [6, 6.07) is 10.7. The number of thiophene rings is 1. The molecule has 2 aromatic rings. The molecule has 0 unspecified atom stereocenters. The van der Waals surface area contributed by atoms with Gasteiger partial charge >= 0.3 is 0 Å². The molecule has 7 heteroatoms. The third-order valence-electron chi connectivity index (χ3n) is 4.14. The predicted octanol–water partition coefficient (Wildman–Crippen LogP) is 2.60. The number of benzene rings is 1. The lowest BCUT2D eigenvalue weighted by Gasteiger charge is -2.33. The Morgan fingerprint density at radius 1 is 1.08 bits per heavy atom. The first kappa shape index (κ1) is 17.8. The minimum absolute atomic E-state index is 0.0826. The third-order valence-corrected chi connectivity index (χ3v) is 6.89. The summed E-state index contributed by atoms with van der Waals surface area (Å²) < 4.78 is 26.8. The van der Waals surface area contributed by atoms with Crippen LogP contribution in [0, 0.1) is 6.92 Å². The monoisotopic (exact) mass is 376 g/mol. The van der Waals surface area contributed by atoms with E-state index >= 15 is 0 Å². The zero-order chi connectivity index (χ0) is 17.9. The number of carbonyl (C=O) groups excluding carboxylic acids is 1. The van der Waals surface area contributed by atoms with Crippen molar-refractivity contribution in [1.29, 1.82) is 0 Å². The van der Waals surface area contributed by atoms with Gasteiger partial charge in [-0.2, -0.15) is 4.31 Å². The van der Waals surface area contributed by atoms with Crippen molar-refractivity contribution < 1.29 is 13.2 Å². The first-order valence-corrected chi connectivity index (χ1v) is 10.4. The zero-order valence-electron chi connectivity index (χ0n) is 14.0. The van der Waals surface area contributed by atoms with Gasteiger partial charge in [0.05, 0.1) is 4.90 Å². The van der Waals surface area contributed by atoms with Gasteiger partial charge in [-0.1, -0.05) is 23.8 Å². The molecule has 5 nitrogen and oxygen atoms in total. The molecule has 1 aliphatic heterocycles. The first-order chi connectivity index (χ1) is 12.0. The number of carbonyl (C=O) groups is 1. The fraction of sp³-hybridized carbons (Fsp3) is 0.278. The number of rotatable bonds is 4. The summed E-state index contributed by atoms with van der Waals surface area (Å²) in [5.74, 6) is -0.0826. The number of sulfonamides is 1. The Morgan fingerprint density at radius 3 is 2.36 bits per heavy atom. The van der Waals surface area contributed by atoms with Crippen LogP contribution in [0.4, 0.5) is 0 Å². The van der Waals surface area contributed by atoms with E-state index in [0.717, 1.165) is 10.4 Å². The normalized spacial score (nSPS) is 16.4. The van der Waals surface area contributed by atoms with Gasteiger partial charge in [0.1, 0.15) is 0 Å². The van der Waals surface area contributed by atoms with Crippen LogP contribution >= 0.6 is 11.3 Å². The van der Waals surface area contributed by atoms with Gasteiger partial charge in [-0.25, -0.2) is 8.42 Å². The summed E-state index contributed by atoms with van der Waals surface area (Å²) in [6.45, 7) is 3.35. The van der Waals surface area contributed by atoms with Crippen LogP contribution in [0.1, 0.15) is 10.4 Å². The Kier molecular flexibility index (Phi) is 5.36. The molecule has 0 bridgehead atoms. The van der Waals surface area contributed by atoms with Crippen LogP contribution in [0.2, 0.25) is 0 Å². The Labute approximate surface area is 152 Å². The number of hydrogen-bond donors (Lipinski definition) is 0. The molecule has 0 saturated carbocycles. The van der Waals surface area contributed by atoms with Crippen LogP contribution in [0.3, 0.4) is 0 Å². The molecule has 132 valence electrons. The number of aryl methyl sites for hydroxylation is 1. The number of nitrogens with zero attached hydrogens (tertiary/aromatic N) is 2. The molecule has 0 aliphatic carbocycles. The Bertz CT molecular complexity index is 848. The minimum Gasteiger partial charge on any atom is -0.337 e. The van der Waals surface area contributed by atoms with Gasteiger partial charge in [0.2, 0.25) is 15.9 Å². The predicted molar refractivity (Wildman–Crippen MR) is 99.9 cm³/mol. The van der Waals surface area contributed by atoms with Crippen LogP contribution in [0.25, 0.3) is 6.08 Å². The maximum absolute atomic E-state index is 12.7. The zero-order valence-corrected chi connectivity index (χ0v) is 15.6. The minimum atomic E-state index is -3.50. The summed E-state index contributed by atoms with van der Waals surface area (Å²) in [6.07, 6.45) is 3.35. The van der Waals surface area contributed by atoms with Crippen LogP contribution in [0.5, 0.6) is 0 Å². The molecule has 0 atom stereocenters. The number of piperazine rings is 1. The summed E-state index contributed by atoms with van der Waals surface area (Å²) in [7, 11) is -3.50. The SMILES string of the molecule is Cc1ccc(S(=O)(=O)N2CCN(C(=O)/C=C/c3cccs3)CC2)cc1. The summed E-state index contributed by atoms with van der Waals surface area (Å²) in [4.78, 5) is 15.2. The molecular formula is C18H20N2O3S2. The van der Waals surface area contributed by atoms with Crippen LogP contribution < -0.4 is 0 Å². The second kappa shape index (κ2) is 7.51. The van der Waals surface area contributed by atoms with E-state index in [2.05, 4.69) is 0 Å². The van der Waals surface area contributed by atoms with Gasteiger partial charge in [-0.05, 0) is 36.6 Å². The Morgan fingerprint density at radius 2 is 1.76 bits per heavy atom. The standard InChI is InChI=1S/C18H20N2O3S2/c1-15-4-7-17(8-5-15)25(22,23)20-12-10-19(11-13-20)18(21)9-6-16-3-2-14-24-16/h2-9,14H,10-13H2,1H3/b9-6+. The van der Waals surface area contributed by atoms with E-state index in [1.807, 2.05) is 24.4 Å². The van der Waals surface area contributed by atoms with Gasteiger partial charge in [0.15, 0.2) is 0 Å². The third kappa shape index (κ3) is 4.18. The molecule has 25 heavy (non-hydrogen) atoms. The van der Waals surface area contributed by atoms with Gasteiger partial charge in [0, 0.05) is 37.1 Å². The lowest BCUT2D eigenvalue weighted by Crippen LogP contribution is -2.50. The summed E-state index contributed by atoms with van der Waals surface area (Å²) >= 11 is 1.57. The largest absolute Gasteiger partial charge is 0.337 e. The summed E-state index contributed by atoms with van der Waals surface area (Å²) in [5.41, 5.74) is 1.02. The van der Waals surface area contributed by atoms with Crippen molar-refractivity contribution >= 4 is 33.3 Å². The van der Waals surface area contributed by atoms with Crippen molar-refractivity contribution in [2.75, 3.05) is 26.2 Å². The highest BCUT2D eigenvalue weighted by Crippen LogP contribution is 2.18. The van der Waals surface area contributed by atoms with Crippen molar-refractivity contribution in [2.24, 2.45) is 0 Å². The molecule has 1 fully saturated rings. The fourth-order valence-electron chi connectivity index (χ4n) is 2.65. The number of hydrogen-bond acceptors (Lipinski definition) is 4. The lowest BCUT2D eigenvalue weighted by atomic mass is 10.2. The highest BCUT2D eigenvalue weighted by Gasteiger charge is 2.29. The maximum atomic E-state index is 12.7. The van der Waals surface area contributed by atoms with Gasteiger partial charge < -0.3 is 4.90 Å². The van der Waals surface area contributed by atoms with E-state index in [9.17, 15) is 13.2 Å². The highest BCUT2D eigenvalue weighted by atomic mass is 32.2. The summed E-state index contributed by atoms with van der Waals surface area (Å²) in [5, 5.41) is 1.96. The molecular weight excluding hydrogens is 356 g/mol. The van der Waals surface area contributed by atoms with Gasteiger partial charge in [-0.3, -0.25) is 4.79 Å². The molecule has 1 aromatic heterocycles. The smallest absolute Gasteiger partial charge is 0.246 e. The van der Waals surface area contributed by atoms with Crippen LogP contribution in [-0.2, 0) is 14.8 Å². The van der Waals surface area contributed by atoms with Crippen molar-refractivity contribution in [2.45, 2.75) is 11.8 Å². The van der Waals surface area contributed by atoms with Crippen molar-refractivity contribution in [1.82, 2.24) is 9.21 Å². The van der Waals surface area contributed by atoms with Crippen molar-refractivity contribution in [3.8, 4) is 0 Å². The van der Waals surface area contributed by atoms with Gasteiger partial charge in [0.25, 0.3) is 0 Å². The molecule has 0 spiro atoms. The number of amides is 1. The van der Waals surface area contributed by atoms with E-state index in [0.29, 0.717) is 31.1 Å². The van der Waals surface area contributed by atoms with E-state index in [4.69, 9.17) is 0 Å². The molecule has 1 aliphatic rings. The average molecular weight is 377 g/mol. The second-order valence-corrected chi connectivity index (χ2v) is 8.81. The van der Waals surface area contributed by atoms with E-state index in [-0.39, 0.29) is 5.91 Å². The van der Waals surface area contributed by atoms with E-state index < -0.39 is 10.0 Å². The average Bonchev–Trinajstić information content (AvgIpc) is 3.14. The van der Waals surface area contributed by atoms with E-state index in [1.54, 1.807) is 52.7 Å². The van der Waals surface area contributed by atoms with Crippen molar-refractivity contribution in [3.63, 3.8) is 0 Å². The molecule has 2 heterocycles. The van der Waals surface area contributed by atoms with Crippen LogP contribution in [-0.4, -0.2) is 49.7 Å². The fourth-order valence-corrected chi connectivity index (χ4v) is 4.69. The molecule has 1 aromatic carbocycles. The molecule has 1 amide bonds. The second-order valence-electron chi connectivity index (χ2n) is 5.89. The topological polar surface area (TPSA) is 57.7 Å². The Hall–Kier alpha value is -1.96.